The maximum absolute atomic E-state index is 12.2. The number of carbonyl (C=O) groups excluding carboxylic acids is 1. The van der Waals surface area contributed by atoms with Crippen molar-refractivity contribution in [2.24, 2.45) is 0 Å². The van der Waals surface area contributed by atoms with E-state index in [1.165, 1.54) is 12.1 Å². The third-order valence-corrected chi connectivity index (χ3v) is 5.65. The zero-order valence-electron chi connectivity index (χ0n) is 14.2. The van der Waals surface area contributed by atoms with Gasteiger partial charge in [0.1, 0.15) is 4.90 Å². The highest BCUT2D eigenvalue weighted by Gasteiger charge is 2.17. The fraction of sp³-hybridized carbons (Fsp3) is 0.111. The molecule has 1 amide bonds. The predicted molar refractivity (Wildman–Crippen MR) is 103 cm³/mol. The van der Waals surface area contributed by atoms with Gasteiger partial charge in [0, 0.05) is 31.0 Å². The molecular weight excluding hydrogens is 388 g/mol. The molecule has 0 atom stereocenters. The van der Waals surface area contributed by atoms with Crippen LogP contribution in [0.2, 0.25) is 5.02 Å². The average Bonchev–Trinajstić information content (AvgIpc) is 3.17. The first kappa shape index (κ1) is 19.1. The Morgan fingerprint density at radius 3 is 2.48 bits per heavy atom. The second-order valence-electron chi connectivity index (χ2n) is 5.62. The Bertz CT molecular complexity index is 1020. The number of hydrogen-bond acceptors (Lipinski definition) is 4. The van der Waals surface area contributed by atoms with Crippen molar-refractivity contribution in [3.63, 3.8) is 0 Å². The number of halogens is 1. The second-order valence-corrected chi connectivity index (χ2v) is 7.77. The minimum absolute atomic E-state index is 0.00934. The van der Waals surface area contributed by atoms with Crippen molar-refractivity contribution in [2.45, 2.75) is 11.3 Å². The molecule has 0 aliphatic rings. The van der Waals surface area contributed by atoms with Gasteiger partial charge in [-0.2, -0.15) is 5.10 Å². The lowest BCUT2D eigenvalue weighted by atomic mass is 10.2. The lowest BCUT2D eigenvalue weighted by Crippen LogP contribution is -2.28. The molecule has 0 unspecified atom stereocenters. The van der Waals surface area contributed by atoms with Crippen LogP contribution in [0.3, 0.4) is 0 Å². The molecule has 2 aromatic carbocycles. The first-order chi connectivity index (χ1) is 13.0. The molecule has 0 spiro atoms. The lowest BCUT2D eigenvalue weighted by Gasteiger charge is -2.09. The van der Waals surface area contributed by atoms with Gasteiger partial charge in [-0.05, 0) is 42.5 Å². The van der Waals surface area contributed by atoms with E-state index in [2.05, 4.69) is 15.1 Å². The first-order valence-electron chi connectivity index (χ1n) is 8.10. The van der Waals surface area contributed by atoms with E-state index in [9.17, 15) is 13.2 Å². The first-order valence-corrected chi connectivity index (χ1v) is 9.96. The van der Waals surface area contributed by atoms with Crippen LogP contribution < -0.4 is 10.0 Å². The van der Waals surface area contributed by atoms with Gasteiger partial charge in [0.05, 0.1) is 10.7 Å². The molecule has 0 bridgehead atoms. The van der Waals surface area contributed by atoms with Gasteiger partial charge in [-0.15, -0.1) is 0 Å². The molecule has 0 fully saturated rings. The predicted octanol–water partition coefficient (Wildman–Crippen LogP) is 2.83. The van der Waals surface area contributed by atoms with Gasteiger partial charge < -0.3 is 5.32 Å². The Morgan fingerprint density at radius 2 is 1.81 bits per heavy atom. The summed E-state index contributed by atoms with van der Waals surface area (Å²) in [5.74, 6) is -0.302. The summed E-state index contributed by atoms with van der Waals surface area (Å²) in [7, 11) is -3.76. The van der Waals surface area contributed by atoms with Crippen molar-refractivity contribution in [2.75, 3.05) is 11.9 Å². The van der Waals surface area contributed by atoms with Crippen LogP contribution >= 0.6 is 11.6 Å². The number of rotatable bonds is 7. The van der Waals surface area contributed by atoms with Crippen LogP contribution in [0, 0.1) is 0 Å². The van der Waals surface area contributed by atoms with E-state index in [1.807, 2.05) is 24.4 Å². The number of carbonyl (C=O) groups is 1. The molecule has 1 heterocycles. The zero-order chi connectivity index (χ0) is 19.3. The number of nitrogens with one attached hydrogen (secondary N) is 2. The molecule has 0 aliphatic heterocycles. The Balaban J connectivity index is 1.52. The van der Waals surface area contributed by atoms with E-state index in [1.54, 1.807) is 35.1 Å². The van der Waals surface area contributed by atoms with E-state index >= 15 is 0 Å². The Kier molecular flexibility index (Phi) is 5.90. The van der Waals surface area contributed by atoms with Crippen molar-refractivity contribution in [3.05, 3.63) is 72.0 Å². The third kappa shape index (κ3) is 4.94. The fourth-order valence-corrected chi connectivity index (χ4v) is 3.93. The number of nitrogens with zero attached hydrogens (tertiary/aromatic N) is 2. The Labute approximate surface area is 162 Å². The molecule has 140 valence electrons. The SMILES string of the molecule is O=C(CCNS(=O)(=O)c1ccccc1Cl)Nc1ccc(-n2cccn2)cc1. The molecule has 3 aromatic rings. The normalized spacial score (nSPS) is 11.3. The average molecular weight is 405 g/mol. The van der Waals surface area contributed by atoms with Crippen molar-refractivity contribution in [3.8, 4) is 5.69 Å². The Hall–Kier alpha value is -2.68. The van der Waals surface area contributed by atoms with Gasteiger partial charge in [-0.3, -0.25) is 4.79 Å². The molecule has 1 aromatic heterocycles. The van der Waals surface area contributed by atoms with Crippen LogP contribution in [-0.2, 0) is 14.8 Å². The highest BCUT2D eigenvalue weighted by Crippen LogP contribution is 2.20. The van der Waals surface area contributed by atoms with Gasteiger partial charge in [-0.1, -0.05) is 23.7 Å². The summed E-state index contributed by atoms with van der Waals surface area (Å²) >= 11 is 5.90. The summed E-state index contributed by atoms with van der Waals surface area (Å²) in [5, 5.41) is 6.98. The van der Waals surface area contributed by atoms with E-state index in [-0.39, 0.29) is 28.8 Å². The number of sulfonamides is 1. The van der Waals surface area contributed by atoms with Crippen molar-refractivity contribution in [1.82, 2.24) is 14.5 Å². The monoisotopic (exact) mass is 404 g/mol. The highest BCUT2D eigenvalue weighted by atomic mass is 35.5. The molecule has 0 saturated heterocycles. The minimum Gasteiger partial charge on any atom is -0.326 e. The number of amides is 1. The van der Waals surface area contributed by atoms with Crippen molar-refractivity contribution < 1.29 is 13.2 Å². The number of aromatic nitrogens is 2. The molecule has 7 nitrogen and oxygen atoms in total. The summed E-state index contributed by atoms with van der Waals surface area (Å²) in [5.41, 5.74) is 1.48. The van der Waals surface area contributed by atoms with Crippen LogP contribution in [0.4, 0.5) is 5.69 Å². The molecule has 27 heavy (non-hydrogen) atoms. The minimum atomic E-state index is -3.76. The van der Waals surface area contributed by atoms with E-state index in [0.29, 0.717) is 5.69 Å². The van der Waals surface area contributed by atoms with Crippen LogP contribution in [-0.4, -0.2) is 30.7 Å². The summed E-state index contributed by atoms with van der Waals surface area (Å²) in [4.78, 5) is 12.0. The standard InChI is InChI=1S/C18H17ClN4O3S/c19-16-4-1-2-5-17(16)27(25,26)21-12-10-18(24)22-14-6-8-15(9-7-14)23-13-3-11-20-23/h1-9,11,13,21H,10,12H2,(H,22,24). The second kappa shape index (κ2) is 8.34. The molecule has 9 heteroatoms. The van der Waals surface area contributed by atoms with Gasteiger partial charge in [0.25, 0.3) is 0 Å². The number of benzene rings is 2. The summed E-state index contributed by atoms with van der Waals surface area (Å²) in [6, 6.07) is 15.1. The molecular formula is C18H17ClN4O3S. The van der Waals surface area contributed by atoms with E-state index in [0.717, 1.165) is 5.69 Å². The smallest absolute Gasteiger partial charge is 0.242 e. The Morgan fingerprint density at radius 1 is 1.07 bits per heavy atom. The van der Waals surface area contributed by atoms with Crippen molar-refractivity contribution in [1.29, 1.82) is 0 Å². The lowest BCUT2D eigenvalue weighted by molar-refractivity contribution is -0.116. The molecule has 0 aliphatic carbocycles. The molecule has 0 radical (unpaired) electrons. The summed E-state index contributed by atoms with van der Waals surface area (Å²) < 4.78 is 28.5. The molecule has 3 rings (SSSR count). The van der Waals surface area contributed by atoms with Crippen molar-refractivity contribution >= 4 is 33.2 Å². The van der Waals surface area contributed by atoms with Gasteiger partial charge in [-0.25, -0.2) is 17.8 Å². The third-order valence-electron chi connectivity index (χ3n) is 3.69. The maximum atomic E-state index is 12.2. The number of anilines is 1. The van der Waals surface area contributed by atoms with E-state index in [4.69, 9.17) is 11.6 Å². The maximum Gasteiger partial charge on any atom is 0.242 e. The fourth-order valence-electron chi connectivity index (χ4n) is 2.38. The van der Waals surface area contributed by atoms with Gasteiger partial charge in [0.15, 0.2) is 0 Å². The molecule has 2 N–H and O–H groups in total. The van der Waals surface area contributed by atoms with Crippen LogP contribution in [0.15, 0.2) is 71.9 Å². The molecule has 0 saturated carbocycles. The van der Waals surface area contributed by atoms with Gasteiger partial charge in [0.2, 0.25) is 15.9 Å². The van der Waals surface area contributed by atoms with Crippen LogP contribution in [0.25, 0.3) is 5.69 Å². The quantitative estimate of drug-likeness (QED) is 0.633. The van der Waals surface area contributed by atoms with Gasteiger partial charge >= 0.3 is 0 Å². The van der Waals surface area contributed by atoms with E-state index < -0.39 is 10.0 Å². The summed E-state index contributed by atoms with van der Waals surface area (Å²) in [6.07, 6.45) is 3.49. The zero-order valence-corrected chi connectivity index (χ0v) is 15.7. The largest absolute Gasteiger partial charge is 0.326 e. The summed E-state index contributed by atoms with van der Waals surface area (Å²) in [6.45, 7) is -0.0369. The topological polar surface area (TPSA) is 93.1 Å². The van der Waals surface area contributed by atoms with Crippen LogP contribution in [0.5, 0.6) is 0 Å². The number of hydrogen-bond donors (Lipinski definition) is 2. The van der Waals surface area contributed by atoms with Crippen LogP contribution in [0.1, 0.15) is 6.42 Å². The highest BCUT2D eigenvalue weighted by molar-refractivity contribution is 7.89.